The standard InChI is InChI=1S/C25H25N3O/c1-19(2)28(18-21-7-4-3-5-8-21)24(23-9-6-16-27-17-23)15-12-20-10-13-22(14-11-20)25(26)29/h3-11,13-14,16-17,19,24H,18H2,1-2H3,(H2,26,29). The van der Waals surface area contributed by atoms with Gasteiger partial charge in [0.1, 0.15) is 0 Å². The van der Waals surface area contributed by atoms with Crippen LogP contribution in [0.15, 0.2) is 79.1 Å². The van der Waals surface area contributed by atoms with E-state index in [2.05, 4.69) is 65.9 Å². The molecule has 0 aliphatic rings. The number of nitrogens with two attached hydrogens (primary N) is 1. The highest BCUT2D eigenvalue weighted by Crippen LogP contribution is 2.24. The van der Waals surface area contributed by atoms with Gasteiger partial charge in [0.05, 0.1) is 6.04 Å². The Kier molecular flexibility index (Phi) is 6.78. The Hall–Kier alpha value is -3.42. The minimum atomic E-state index is -0.438. The average Bonchev–Trinajstić information content (AvgIpc) is 2.74. The number of hydrogen-bond acceptors (Lipinski definition) is 3. The maximum absolute atomic E-state index is 11.3. The van der Waals surface area contributed by atoms with Crippen LogP contribution in [-0.2, 0) is 6.54 Å². The summed E-state index contributed by atoms with van der Waals surface area (Å²) in [5.74, 6) is 6.24. The number of aromatic nitrogens is 1. The molecule has 0 fully saturated rings. The third kappa shape index (κ3) is 5.54. The molecule has 0 spiro atoms. The van der Waals surface area contributed by atoms with Crippen LogP contribution in [0.5, 0.6) is 0 Å². The van der Waals surface area contributed by atoms with Crippen molar-refractivity contribution in [2.75, 3.05) is 0 Å². The van der Waals surface area contributed by atoms with Crippen molar-refractivity contribution in [1.29, 1.82) is 0 Å². The zero-order valence-corrected chi connectivity index (χ0v) is 16.7. The molecule has 4 nitrogen and oxygen atoms in total. The lowest BCUT2D eigenvalue weighted by atomic mass is 10.0. The smallest absolute Gasteiger partial charge is 0.248 e. The molecule has 3 rings (SSSR count). The molecule has 0 bridgehead atoms. The zero-order chi connectivity index (χ0) is 20.6. The fourth-order valence-corrected chi connectivity index (χ4v) is 3.13. The maximum Gasteiger partial charge on any atom is 0.248 e. The molecule has 1 atom stereocenters. The van der Waals surface area contributed by atoms with Crippen LogP contribution >= 0.6 is 0 Å². The van der Waals surface area contributed by atoms with E-state index >= 15 is 0 Å². The molecule has 146 valence electrons. The van der Waals surface area contributed by atoms with E-state index in [1.54, 1.807) is 18.3 Å². The predicted octanol–water partition coefficient (Wildman–Crippen LogP) is 4.18. The third-order valence-corrected chi connectivity index (χ3v) is 4.73. The van der Waals surface area contributed by atoms with Crippen LogP contribution in [0.2, 0.25) is 0 Å². The van der Waals surface area contributed by atoms with Crippen molar-refractivity contribution in [3.8, 4) is 11.8 Å². The molecule has 0 aliphatic carbocycles. The van der Waals surface area contributed by atoms with Crippen molar-refractivity contribution < 1.29 is 4.79 Å². The minimum Gasteiger partial charge on any atom is -0.366 e. The summed E-state index contributed by atoms with van der Waals surface area (Å²) >= 11 is 0. The SMILES string of the molecule is CC(C)N(Cc1ccccc1)C(C#Cc1ccc(C(N)=O)cc1)c1cccnc1. The Morgan fingerprint density at radius 3 is 2.34 bits per heavy atom. The van der Waals surface area contributed by atoms with Crippen LogP contribution in [0.3, 0.4) is 0 Å². The summed E-state index contributed by atoms with van der Waals surface area (Å²) in [6.45, 7) is 5.14. The van der Waals surface area contributed by atoms with Crippen LogP contribution in [0.4, 0.5) is 0 Å². The van der Waals surface area contributed by atoms with Gasteiger partial charge in [-0.15, -0.1) is 0 Å². The van der Waals surface area contributed by atoms with Gasteiger partial charge in [-0.1, -0.05) is 48.2 Å². The molecule has 0 saturated heterocycles. The lowest BCUT2D eigenvalue weighted by molar-refractivity contribution is 0.100. The molecule has 2 aromatic carbocycles. The van der Waals surface area contributed by atoms with Crippen molar-refractivity contribution in [2.45, 2.75) is 32.5 Å². The van der Waals surface area contributed by atoms with Crippen molar-refractivity contribution in [3.05, 3.63) is 101 Å². The largest absolute Gasteiger partial charge is 0.366 e. The van der Waals surface area contributed by atoms with E-state index in [-0.39, 0.29) is 12.1 Å². The first-order valence-corrected chi connectivity index (χ1v) is 9.65. The Morgan fingerprint density at radius 1 is 1.03 bits per heavy atom. The van der Waals surface area contributed by atoms with Crippen LogP contribution in [-0.4, -0.2) is 21.8 Å². The van der Waals surface area contributed by atoms with E-state index in [9.17, 15) is 4.79 Å². The molecule has 0 saturated carbocycles. The average molecular weight is 383 g/mol. The van der Waals surface area contributed by atoms with Crippen LogP contribution in [0.1, 0.15) is 46.9 Å². The number of amides is 1. The summed E-state index contributed by atoms with van der Waals surface area (Å²) in [7, 11) is 0. The number of rotatable bonds is 6. The second kappa shape index (κ2) is 9.68. The highest BCUT2D eigenvalue weighted by molar-refractivity contribution is 5.92. The Labute approximate surface area is 172 Å². The lowest BCUT2D eigenvalue weighted by Crippen LogP contribution is -2.34. The van der Waals surface area contributed by atoms with E-state index < -0.39 is 5.91 Å². The number of benzene rings is 2. The zero-order valence-electron chi connectivity index (χ0n) is 16.7. The van der Waals surface area contributed by atoms with Gasteiger partial charge in [-0.3, -0.25) is 14.7 Å². The van der Waals surface area contributed by atoms with E-state index in [4.69, 9.17) is 5.73 Å². The first kappa shape index (κ1) is 20.3. The maximum atomic E-state index is 11.3. The highest BCUT2D eigenvalue weighted by atomic mass is 16.1. The molecule has 3 aromatic rings. The molecule has 1 heterocycles. The molecule has 1 aromatic heterocycles. The predicted molar refractivity (Wildman–Crippen MR) is 116 cm³/mol. The molecular formula is C25H25N3O. The van der Waals surface area contributed by atoms with Gasteiger partial charge >= 0.3 is 0 Å². The van der Waals surface area contributed by atoms with Gasteiger partial charge < -0.3 is 5.73 Å². The Balaban J connectivity index is 1.95. The minimum absolute atomic E-state index is 0.111. The number of nitrogens with zero attached hydrogens (tertiary/aromatic N) is 2. The molecule has 0 aliphatic heterocycles. The van der Waals surface area contributed by atoms with E-state index in [1.807, 2.05) is 30.5 Å². The van der Waals surface area contributed by atoms with Gasteiger partial charge in [0.15, 0.2) is 0 Å². The lowest BCUT2D eigenvalue weighted by Gasteiger charge is -2.32. The fourth-order valence-electron chi connectivity index (χ4n) is 3.13. The van der Waals surface area contributed by atoms with Crippen molar-refractivity contribution >= 4 is 5.91 Å². The summed E-state index contributed by atoms with van der Waals surface area (Å²) in [6.07, 6.45) is 3.64. The summed E-state index contributed by atoms with van der Waals surface area (Å²) in [5.41, 5.74) is 8.93. The highest BCUT2D eigenvalue weighted by Gasteiger charge is 2.21. The summed E-state index contributed by atoms with van der Waals surface area (Å²) in [6, 6.07) is 21.6. The van der Waals surface area contributed by atoms with E-state index in [1.165, 1.54) is 5.56 Å². The van der Waals surface area contributed by atoms with Gasteiger partial charge in [-0.05, 0) is 55.3 Å². The number of primary amides is 1. The van der Waals surface area contributed by atoms with Crippen LogP contribution < -0.4 is 5.73 Å². The third-order valence-electron chi connectivity index (χ3n) is 4.73. The van der Waals surface area contributed by atoms with Crippen LogP contribution in [0.25, 0.3) is 0 Å². The number of hydrogen-bond donors (Lipinski definition) is 1. The van der Waals surface area contributed by atoms with Crippen LogP contribution in [0, 0.1) is 11.8 Å². The quantitative estimate of drug-likeness (QED) is 0.650. The van der Waals surface area contributed by atoms with Gasteiger partial charge in [0.25, 0.3) is 0 Å². The normalized spacial score (nSPS) is 11.7. The van der Waals surface area contributed by atoms with E-state index in [0.29, 0.717) is 5.56 Å². The van der Waals surface area contributed by atoms with Crippen molar-refractivity contribution in [1.82, 2.24) is 9.88 Å². The molecule has 2 N–H and O–H groups in total. The fraction of sp³-hybridized carbons (Fsp3) is 0.200. The van der Waals surface area contributed by atoms with Gasteiger partial charge in [-0.2, -0.15) is 0 Å². The Morgan fingerprint density at radius 2 is 1.76 bits per heavy atom. The monoisotopic (exact) mass is 383 g/mol. The van der Waals surface area contributed by atoms with Gasteiger partial charge in [-0.25, -0.2) is 0 Å². The summed E-state index contributed by atoms with van der Waals surface area (Å²) < 4.78 is 0. The van der Waals surface area contributed by atoms with Gasteiger partial charge in [0.2, 0.25) is 5.91 Å². The number of carbonyl (C=O) groups excluding carboxylic acids is 1. The molecule has 0 radical (unpaired) electrons. The van der Waals surface area contributed by atoms with Crippen molar-refractivity contribution in [3.63, 3.8) is 0 Å². The molecular weight excluding hydrogens is 358 g/mol. The number of carbonyl (C=O) groups is 1. The van der Waals surface area contributed by atoms with Crippen molar-refractivity contribution in [2.24, 2.45) is 5.73 Å². The second-order valence-electron chi connectivity index (χ2n) is 7.15. The Bertz CT molecular complexity index is 987. The molecule has 29 heavy (non-hydrogen) atoms. The summed E-state index contributed by atoms with van der Waals surface area (Å²) in [4.78, 5) is 17.9. The molecule has 1 amide bonds. The second-order valence-corrected chi connectivity index (χ2v) is 7.15. The summed E-state index contributed by atoms with van der Waals surface area (Å²) in [5, 5.41) is 0. The molecule has 1 unspecified atom stereocenters. The molecule has 4 heteroatoms. The first-order valence-electron chi connectivity index (χ1n) is 9.65. The first-order chi connectivity index (χ1) is 14.0. The topological polar surface area (TPSA) is 59.2 Å². The van der Waals surface area contributed by atoms with E-state index in [0.717, 1.165) is 17.7 Å². The number of pyridine rings is 1. The van der Waals surface area contributed by atoms with Gasteiger partial charge in [0, 0.05) is 36.1 Å².